The first-order valence-electron chi connectivity index (χ1n) is 10.8. The fourth-order valence-corrected chi connectivity index (χ4v) is 5.48. The summed E-state index contributed by atoms with van der Waals surface area (Å²) in [6.07, 6.45) is 3.58. The molecule has 2 aliphatic heterocycles. The molecule has 8 nitrogen and oxygen atoms in total. The van der Waals surface area contributed by atoms with Crippen LogP contribution in [0.3, 0.4) is 0 Å². The Hall–Kier alpha value is -2.91. The minimum Gasteiger partial charge on any atom is -0.482 e. The molecule has 4 rings (SSSR count). The standard InChI is InChI=1S/C23H27N3O5S/c1-2-17-6-8-18(9-7-17)24-22(27)15-26-20-14-19(10-11-21(20)31-16-23(26)28)32(29,30)25-12-4-3-5-13-25/h6-11,14H,2-5,12-13,15-16H2,1H3,(H,24,27). The second-order valence-electron chi connectivity index (χ2n) is 7.96. The zero-order chi connectivity index (χ0) is 22.7. The number of amides is 2. The van der Waals surface area contributed by atoms with Crippen molar-refractivity contribution in [3.8, 4) is 5.75 Å². The van der Waals surface area contributed by atoms with Crippen LogP contribution in [0, 0.1) is 0 Å². The van der Waals surface area contributed by atoms with E-state index in [9.17, 15) is 18.0 Å². The number of ether oxygens (including phenoxy) is 1. The van der Waals surface area contributed by atoms with E-state index in [1.54, 1.807) is 6.07 Å². The molecule has 0 aliphatic carbocycles. The van der Waals surface area contributed by atoms with Gasteiger partial charge in [-0.3, -0.25) is 14.5 Å². The average molecular weight is 458 g/mol. The molecule has 1 saturated heterocycles. The van der Waals surface area contributed by atoms with Crippen LogP contribution in [0.25, 0.3) is 0 Å². The van der Waals surface area contributed by atoms with Crippen LogP contribution in [0.5, 0.6) is 5.75 Å². The fraction of sp³-hybridized carbons (Fsp3) is 0.391. The van der Waals surface area contributed by atoms with Crippen molar-refractivity contribution >= 4 is 33.2 Å². The highest BCUT2D eigenvalue weighted by atomic mass is 32.2. The van der Waals surface area contributed by atoms with Gasteiger partial charge in [0.2, 0.25) is 15.9 Å². The van der Waals surface area contributed by atoms with E-state index in [0.717, 1.165) is 31.2 Å². The lowest BCUT2D eigenvalue weighted by atomic mass is 10.1. The monoisotopic (exact) mass is 457 g/mol. The van der Waals surface area contributed by atoms with Crippen molar-refractivity contribution in [2.24, 2.45) is 0 Å². The summed E-state index contributed by atoms with van der Waals surface area (Å²) in [6.45, 7) is 2.58. The van der Waals surface area contributed by atoms with Crippen LogP contribution >= 0.6 is 0 Å². The lowest BCUT2D eigenvalue weighted by Crippen LogP contribution is -2.43. The highest BCUT2D eigenvalue weighted by Crippen LogP contribution is 2.35. The highest BCUT2D eigenvalue weighted by Gasteiger charge is 2.31. The number of anilines is 2. The first kappa shape index (κ1) is 22.3. The van der Waals surface area contributed by atoms with E-state index in [1.165, 1.54) is 21.3 Å². The third kappa shape index (κ3) is 4.63. The molecule has 0 bridgehead atoms. The first-order valence-corrected chi connectivity index (χ1v) is 12.3. The van der Waals surface area contributed by atoms with E-state index in [1.807, 2.05) is 24.3 Å². The lowest BCUT2D eigenvalue weighted by molar-refractivity contribution is -0.123. The SMILES string of the molecule is CCc1ccc(NC(=O)CN2C(=O)COc3ccc(S(=O)(=O)N4CCCCC4)cc32)cc1. The molecule has 32 heavy (non-hydrogen) atoms. The molecule has 0 atom stereocenters. The summed E-state index contributed by atoms with van der Waals surface area (Å²) in [6, 6.07) is 12.0. The Morgan fingerprint density at radius 2 is 1.78 bits per heavy atom. The van der Waals surface area contributed by atoms with Gasteiger partial charge >= 0.3 is 0 Å². The quantitative estimate of drug-likeness (QED) is 0.720. The van der Waals surface area contributed by atoms with Crippen molar-refractivity contribution in [1.82, 2.24) is 4.31 Å². The van der Waals surface area contributed by atoms with E-state index < -0.39 is 15.9 Å². The number of aryl methyl sites for hydroxylation is 1. The van der Waals surface area contributed by atoms with Crippen LogP contribution < -0.4 is 15.0 Å². The summed E-state index contributed by atoms with van der Waals surface area (Å²) >= 11 is 0. The van der Waals surface area contributed by atoms with Crippen LogP contribution in [0.15, 0.2) is 47.4 Å². The Balaban J connectivity index is 1.55. The number of rotatable bonds is 6. The summed E-state index contributed by atoms with van der Waals surface area (Å²) < 4.78 is 33.1. The van der Waals surface area contributed by atoms with Crippen molar-refractivity contribution in [1.29, 1.82) is 0 Å². The van der Waals surface area contributed by atoms with Gasteiger partial charge in [0.25, 0.3) is 5.91 Å². The number of hydrogen-bond acceptors (Lipinski definition) is 5. The summed E-state index contributed by atoms with van der Waals surface area (Å²) in [7, 11) is -3.68. The van der Waals surface area contributed by atoms with Crippen molar-refractivity contribution in [3.63, 3.8) is 0 Å². The predicted octanol–water partition coefficient (Wildman–Crippen LogP) is 2.79. The fourth-order valence-electron chi connectivity index (χ4n) is 3.94. The maximum Gasteiger partial charge on any atom is 0.265 e. The van der Waals surface area contributed by atoms with Crippen molar-refractivity contribution in [2.75, 3.05) is 36.5 Å². The lowest BCUT2D eigenvalue weighted by Gasteiger charge is -2.30. The van der Waals surface area contributed by atoms with Crippen molar-refractivity contribution < 1.29 is 22.7 Å². The molecule has 2 aliphatic rings. The minimum atomic E-state index is -3.68. The second kappa shape index (κ2) is 9.30. The topological polar surface area (TPSA) is 96.0 Å². The normalized spacial score (nSPS) is 16.9. The largest absolute Gasteiger partial charge is 0.482 e. The summed E-state index contributed by atoms with van der Waals surface area (Å²) in [5.74, 6) is -0.400. The van der Waals surface area contributed by atoms with Gasteiger partial charge in [-0.25, -0.2) is 8.42 Å². The van der Waals surface area contributed by atoms with Gasteiger partial charge in [-0.05, 0) is 55.2 Å². The van der Waals surface area contributed by atoms with Gasteiger partial charge in [-0.1, -0.05) is 25.5 Å². The maximum atomic E-state index is 13.1. The molecular weight excluding hydrogens is 430 g/mol. The molecule has 0 aromatic heterocycles. The number of nitrogens with one attached hydrogen (secondary N) is 1. The van der Waals surface area contributed by atoms with Gasteiger partial charge in [-0.2, -0.15) is 4.31 Å². The molecule has 0 unspecified atom stereocenters. The van der Waals surface area contributed by atoms with Crippen LogP contribution in [-0.4, -0.2) is 50.8 Å². The maximum absolute atomic E-state index is 13.1. The van der Waals surface area contributed by atoms with Crippen LogP contribution in [-0.2, 0) is 26.0 Å². The summed E-state index contributed by atoms with van der Waals surface area (Å²) in [4.78, 5) is 26.6. The third-order valence-corrected chi connectivity index (χ3v) is 7.67. The van der Waals surface area contributed by atoms with Gasteiger partial charge < -0.3 is 10.1 Å². The zero-order valence-corrected chi connectivity index (χ0v) is 18.9. The zero-order valence-electron chi connectivity index (χ0n) is 18.0. The number of nitrogens with zero attached hydrogens (tertiary/aromatic N) is 2. The van der Waals surface area contributed by atoms with Gasteiger partial charge in [0.1, 0.15) is 12.3 Å². The van der Waals surface area contributed by atoms with Gasteiger partial charge in [0.15, 0.2) is 6.61 Å². The number of benzene rings is 2. The second-order valence-corrected chi connectivity index (χ2v) is 9.90. The number of hydrogen-bond donors (Lipinski definition) is 1. The molecule has 170 valence electrons. The van der Waals surface area contributed by atoms with Crippen molar-refractivity contribution in [3.05, 3.63) is 48.0 Å². The first-order chi connectivity index (χ1) is 15.4. The molecule has 0 radical (unpaired) electrons. The molecular formula is C23H27N3O5S. The molecule has 1 fully saturated rings. The molecule has 9 heteroatoms. The van der Waals surface area contributed by atoms with Crippen LogP contribution in [0.4, 0.5) is 11.4 Å². The Morgan fingerprint density at radius 3 is 2.47 bits per heavy atom. The summed E-state index contributed by atoms with van der Waals surface area (Å²) in [5.41, 5.74) is 2.08. The smallest absolute Gasteiger partial charge is 0.265 e. The highest BCUT2D eigenvalue weighted by molar-refractivity contribution is 7.89. The van der Waals surface area contributed by atoms with Gasteiger partial charge in [-0.15, -0.1) is 0 Å². The van der Waals surface area contributed by atoms with E-state index in [4.69, 9.17) is 4.74 Å². The number of carbonyl (C=O) groups excluding carboxylic acids is 2. The Labute approximate surface area is 188 Å². The Bertz CT molecular complexity index is 1110. The average Bonchev–Trinajstić information content (AvgIpc) is 2.81. The van der Waals surface area contributed by atoms with E-state index in [-0.39, 0.29) is 29.6 Å². The van der Waals surface area contributed by atoms with E-state index in [2.05, 4.69) is 12.2 Å². The molecule has 2 amide bonds. The van der Waals surface area contributed by atoms with E-state index in [0.29, 0.717) is 24.5 Å². The molecule has 2 heterocycles. The molecule has 0 saturated carbocycles. The van der Waals surface area contributed by atoms with Crippen LogP contribution in [0.2, 0.25) is 0 Å². The van der Waals surface area contributed by atoms with Gasteiger partial charge in [0.05, 0.1) is 10.6 Å². The number of piperidine rings is 1. The van der Waals surface area contributed by atoms with E-state index >= 15 is 0 Å². The molecule has 1 N–H and O–H groups in total. The van der Waals surface area contributed by atoms with Crippen molar-refractivity contribution in [2.45, 2.75) is 37.5 Å². The van der Waals surface area contributed by atoms with Gasteiger partial charge in [0, 0.05) is 18.8 Å². The molecule has 0 spiro atoms. The Morgan fingerprint density at radius 1 is 1.06 bits per heavy atom. The predicted molar refractivity (Wildman–Crippen MR) is 121 cm³/mol. The number of carbonyl (C=O) groups is 2. The number of fused-ring (bicyclic) bond motifs is 1. The third-order valence-electron chi connectivity index (χ3n) is 5.77. The minimum absolute atomic E-state index is 0.0945. The summed E-state index contributed by atoms with van der Waals surface area (Å²) in [5, 5.41) is 2.79. The Kier molecular flexibility index (Phi) is 6.48. The van der Waals surface area contributed by atoms with Crippen LogP contribution in [0.1, 0.15) is 31.7 Å². The number of sulfonamides is 1. The molecule has 2 aromatic carbocycles. The molecule has 2 aromatic rings.